The zero-order chi connectivity index (χ0) is 24.5. The second kappa shape index (κ2) is 9.21. The summed E-state index contributed by atoms with van der Waals surface area (Å²) >= 11 is 0. The molecule has 0 radical (unpaired) electrons. The van der Waals surface area contributed by atoms with E-state index >= 15 is 4.39 Å². The average Bonchev–Trinajstić information content (AvgIpc) is 3.31. The van der Waals surface area contributed by atoms with Crippen molar-refractivity contribution < 1.29 is 22.7 Å². The second-order valence-corrected chi connectivity index (χ2v) is 7.80. The van der Waals surface area contributed by atoms with Crippen molar-refractivity contribution in [3.8, 4) is 0 Å². The van der Waals surface area contributed by atoms with Gasteiger partial charge in [-0.2, -0.15) is 5.10 Å². The zero-order valence-electron chi connectivity index (χ0n) is 18.1. The second-order valence-electron chi connectivity index (χ2n) is 7.80. The third-order valence-electron chi connectivity index (χ3n) is 5.75. The lowest BCUT2D eigenvalue weighted by molar-refractivity contribution is -0.0134. The highest BCUT2D eigenvalue weighted by molar-refractivity contribution is 5.32. The molecular formula is C22H19F4N7O. The van der Waals surface area contributed by atoms with Gasteiger partial charge in [0.05, 0.1) is 29.8 Å². The van der Waals surface area contributed by atoms with Gasteiger partial charge in [-0.3, -0.25) is 0 Å². The number of halogens is 4. The van der Waals surface area contributed by atoms with E-state index in [2.05, 4.69) is 30.0 Å². The molecule has 0 aliphatic heterocycles. The van der Waals surface area contributed by atoms with Crippen LogP contribution < -0.4 is 0 Å². The van der Waals surface area contributed by atoms with Crippen LogP contribution in [0.1, 0.15) is 48.3 Å². The first-order chi connectivity index (χ1) is 16.2. The van der Waals surface area contributed by atoms with Crippen molar-refractivity contribution in [3.05, 3.63) is 95.6 Å². The minimum absolute atomic E-state index is 0.0753. The molecule has 0 amide bonds. The van der Waals surface area contributed by atoms with Gasteiger partial charge < -0.3 is 5.11 Å². The molecule has 3 atom stereocenters. The largest absolute Gasteiger partial charge is 0.382 e. The fourth-order valence-corrected chi connectivity index (χ4v) is 3.86. The summed E-state index contributed by atoms with van der Waals surface area (Å²) in [7, 11) is 0. The summed E-state index contributed by atoms with van der Waals surface area (Å²) in [6.07, 6.45) is 5.66. The van der Waals surface area contributed by atoms with Crippen molar-refractivity contribution in [2.75, 3.05) is 0 Å². The van der Waals surface area contributed by atoms with Crippen molar-refractivity contribution in [2.24, 2.45) is 0 Å². The molecular weight excluding hydrogens is 454 g/mol. The molecule has 0 aliphatic carbocycles. The molecule has 3 aromatic heterocycles. The first kappa shape index (κ1) is 23.4. The van der Waals surface area contributed by atoms with E-state index in [-0.39, 0.29) is 29.2 Å². The summed E-state index contributed by atoms with van der Waals surface area (Å²) in [6, 6.07) is 2.69. The van der Waals surface area contributed by atoms with E-state index in [1.165, 1.54) is 31.2 Å². The molecule has 8 nitrogen and oxygen atoms in total. The number of hydrogen-bond donors (Lipinski definition) is 1. The van der Waals surface area contributed by atoms with Crippen molar-refractivity contribution in [3.63, 3.8) is 0 Å². The number of benzene rings is 1. The topological polar surface area (TPSA) is 102 Å². The van der Waals surface area contributed by atoms with E-state index in [1.807, 2.05) is 0 Å². The Balaban J connectivity index is 1.81. The molecule has 1 aromatic carbocycles. The van der Waals surface area contributed by atoms with Gasteiger partial charge in [0.15, 0.2) is 11.6 Å². The molecule has 4 rings (SSSR count). The maximum atomic E-state index is 15.7. The van der Waals surface area contributed by atoms with Crippen LogP contribution in [0.25, 0.3) is 0 Å². The first-order valence-electron chi connectivity index (χ1n) is 10.2. The van der Waals surface area contributed by atoms with Gasteiger partial charge >= 0.3 is 0 Å². The predicted molar refractivity (Wildman–Crippen MR) is 110 cm³/mol. The smallest absolute Gasteiger partial charge is 0.167 e. The van der Waals surface area contributed by atoms with Crippen LogP contribution in [-0.2, 0) is 12.1 Å². The molecule has 0 aliphatic rings. The fraction of sp³-hybridized carbons (Fsp3) is 0.273. The Bertz CT molecular complexity index is 1300. The van der Waals surface area contributed by atoms with Gasteiger partial charge in [-0.15, -0.1) is 0 Å². The third kappa shape index (κ3) is 4.23. The van der Waals surface area contributed by atoms with Gasteiger partial charge in [0.25, 0.3) is 0 Å². The van der Waals surface area contributed by atoms with Crippen LogP contribution >= 0.6 is 0 Å². The first-order valence-corrected chi connectivity index (χ1v) is 10.2. The van der Waals surface area contributed by atoms with E-state index in [0.717, 1.165) is 31.0 Å². The van der Waals surface area contributed by atoms with Crippen LogP contribution in [0.5, 0.6) is 0 Å². The number of hydrogen-bond acceptors (Lipinski definition) is 7. The molecule has 176 valence electrons. The lowest BCUT2D eigenvalue weighted by atomic mass is 9.79. The SMILES string of the molecule is CC(c1ncncc1F)c1ncnc([C@@H](C)[C@@](O)(Cn2cncn2)c2ccc(F)cc2F)c1F. The molecule has 0 saturated carbocycles. The minimum atomic E-state index is -2.12. The van der Waals surface area contributed by atoms with Crippen LogP contribution in [0.4, 0.5) is 17.6 Å². The monoisotopic (exact) mass is 473 g/mol. The standard InChI is InChI=1S/C22H19F4N7O/c1-12(19-17(25)6-27-8-29-19)20-18(26)21(31-10-30-20)13(2)22(34,7-33-11-28-9-32-33)15-4-3-14(23)5-16(15)24/h3-6,8-13,34H,7H2,1-2H3/t12?,13-,22+/m1/s1. The van der Waals surface area contributed by atoms with Gasteiger partial charge in [0, 0.05) is 23.5 Å². The Morgan fingerprint density at radius 2 is 1.65 bits per heavy atom. The van der Waals surface area contributed by atoms with Crippen molar-refractivity contribution in [1.82, 2.24) is 34.7 Å². The molecule has 0 fully saturated rings. The summed E-state index contributed by atoms with van der Waals surface area (Å²) in [5.74, 6) is -5.61. The minimum Gasteiger partial charge on any atom is -0.382 e. The van der Waals surface area contributed by atoms with Gasteiger partial charge in [-0.05, 0) is 6.07 Å². The van der Waals surface area contributed by atoms with Crippen LogP contribution in [0.15, 0.2) is 49.7 Å². The molecule has 3 heterocycles. The maximum absolute atomic E-state index is 15.7. The summed E-state index contributed by atoms with van der Waals surface area (Å²) in [5, 5.41) is 15.6. The molecule has 12 heteroatoms. The summed E-state index contributed by atoms with van der Waals surface area (Å²) < 4.78 is 59.5. The Labute approximate surface area is 191 Å². The van der Waals surface area contributed by atoms with Gasteiger partial charge in [0.2, 0.25) is 0 Å². The number of aromatic nitrogens is 7. The van der Waals surface area contributed by atoms with Crippen LogP contribution in [0.2, 0.25) is 0 Å². The van der Waals surface area contributed by atoms with Crippen LogP contribution in [0.3, 0.4) is 0 Å². The lowest BCUT2D eigenvalue weighted by Gasteiger charge is -2.34. The Morgan fingerprint density at radius 3 is 2.32 bits per heavy atom. The van der Waals surface area contributed by atoms with E-state index in [4.69, 9.17) is 0 Å². The van der Waals surface area contributed by atoms with Gasteiger partial charge in [0.1, 0.15) is 42.5 Å². The molecule has 1 N–H and O–H groups in total. The normalized spacial score (nSPS) is 15.0. The Kier molecular flexibility index (Phi) is 6.33. The maximum Gasteiger partial charge on any atom is 0.167 e. The van der Waals surface area contributed by atoms with E-state index in [9.17, 15) is 18.3 Å². The summed E-state index contributed by atoms with van der Waals surface area (Å²) in [6.45, 7) is 2.60. The number of nitrogens with zero attached hydrogens (tertiary/aromatic N) is 7. The van der Waals surface area contributed by atoms with Crippen molar-refractivity contribution in [2.45, 2.75) is 37.8 Å². The molecule has 1 unspecified atom stereocenters. The van der Waals surface area contributed by atoms with Gasteiger partial charge in [-0.1, -0.05) is 19.9 Å². The van der Waals surface area contributed by atoms with Crippen molar-refractivity contribution >= 4 is 0 Å². The fourth-order valence-electron chi connectivity index (χ4n) is 3.86. The Hall–Kier alpha value is -3.80. The predicted octanol–water partition coefficient (Wildman–Crippen LogP) is 3.26. The molecule has 0 saturated heterocycles. The molecule has 0 spiro atoms. The quantitative estimate of drug-likeness (QED) is 0.411. The van der Waals surface area contributed by atoms with Crippen LogP contribution in [0, 0.1) is 23.3 Å². The average molecular weight is 473 g/mol. The molecule has 0 bridgehead atoms. The van der Waals surface area contributed by atoms with Gasteiger partial charge in [-0.25, -0.2) is 47.2 Å². The zero-order valence-corrected chi connectivity index (χ0v) is 18.1. The molecule has 4 aromatic rings. The lowest BCUT2D eigenvalue weighted by Crippen LogP contribution is -2.39. The van der Waals surface area contributed by atoms with Crippen molar-refractivity contribution in [1.29, 1.82) is 0 Å². The summed E-state index contributed by atoms with van der Waals surface area (Å²) in [4.78, 5) is 19.2. The highest BCUT2D eigenvalue weighted by atomic mass is 19.1. The highest BCUT2D eigenvalue weighted by Crippen LogP contribution is 2.40. The van der Waals surface area contributed by atoms with E-state index in [1.54, 1.807) is 0 Å². The third-order valence-corrected chi connectivity index (χ3v) is 5.75. The Morgan fingerprint density at radius 1 is 0.912 bits per heavy atom. The number of aliphatic hydroxyl groups is 1. The van der Waals surface area contributed by atoms with E-state index in [0.29, 0.717) is 6.07 Å². The number of rotatable bonds is 7. The van der Waals surface area contributed by atoms with E-state index < -0.39 is 40.7 Å². The molecule has 34 heavy (non-hydrogen) atoms. The van der Waals surface area contributed by atoms with Crippen LogP contribution in [-0.4, -0.2) is 39.8 Å². The highest BCUT2D eigenvalue weighted by Gasteiger charge is 2.42. The summed E-state index contributed by atoms with van der Waals surface area (Å²) in [5.41, 5.74) is -2.91.